The van der Waals surface area contributed by atoms with Gasteiger partial charge in [-0.3, -0.25) is 4.79 Å². The minimum absolute atomic E-state index is 0.0697. The van der Waals surface area contributed by atoms with Crippen LogP contribution in [0.5, 0.6) is 0 Å². The molecule has 1 amide bonds. The number of fused-ring (bicyclic) bond motifs is 1. The number of nitrogens with one attached hydrogen (secondary N) is 2. The molecule has 2 aromatic carbocycles. The lowest BCUT2D eigenvalue weighted by molar-refractivity contribution is -0.120. The van der Waals surface area contributed by atoms with Gasteiger partial charge in [-0.25, -0.2) is 0 Å². The van der Waals surface area contributed by atoms with Crippen molar-refractivity contribution in [2.45, 2.75) is 6.04 Å². The van der Waals surface area contributed by atoms with Crippen LogP contribution in [0.25, 0.3) is 10.8 Å². The summed E-state index contributed by atoms with van der Waals surface area (Å²) in [5.41, 5.74) is 6.84. The number of carbonyl (C=O) groups excluding carboxylic acids is 1. The van der Waals surface area contributed by atoms with Crippen molar-refractivity contribution in [1.29, 1.82) is 0 Å². The van der Waals surface area contributed by atoms with Crippen LogP contribution in [-0.4, -0.2) is 39.3 Å². The van der Waals surface area contributed by atoms with Crippen molar-refractivity contribution in [3.63, 3.8) is 0 Å². The monoisotopic (exact) mass is 301 g/mol. The van der Waals surface area contributed by atoms with E-state index in [0.717, 1.165) is 10.9 Å². The molecule has 1 unspecified atom stereocenters. The molecule has 0 aliphatic carbocycles. The molecule has 5 heteroatoms. The number of methoxy groups -OCH3 is 1. The van der Waals surface area contributed by atoms with Gasteiger partial charge in [0.05, 0.1) is 19.2 Å². The maximum Gasteiger partial charge on any atom is 0.234 e. The predicted octanol–water partition coefficient (Wildman–Crippen LogP) is 1.19. The summed E-state index contributed by atoms with van der Waals surface area (Å²) in [7, 11) is 1.63. The van der Waals surface area contributed by atoms with Gasteiger partial charge in [0.2, 0.25) is 5.91 Å². The van der Waals surface area contributed by atoms with Crippen molar-refractivity contribution in [3.8, 4) is 0 Å². The summed E-state index contributed by atoms with van der Waals surface area (Å²) >= 11 is 0. The summed E-state index contributed by atoms with van der Waals surface area (Å²) in [5.74, 6) is -0.0697. The quantitative estimate of drug-likeness (QED) is 0.640. The van der Waals surface area contributed by atoms with E-state index in [0.29, 0.717) is 19.7 Å². The lowest BCUT2D eigenvalue weighted by Crippen LogP contribution is -2.39. The fourth-order valence-electron chi connectivity index (χ4n) is 2.32. The number of rotatable bonds is 8. The summed E-state index contributed by atoms with van der Waals surface area (Å²) in [5, 5.41) is 8.30. The molecule has 0 heterocycles. The maximum absolute atomic E-state index is 11.9. The third kappa shape index (κ3) is 4.53. The molecule has 4 N–H and O–H groups in total. The van der Waals surface area contributed by atoms with Crippen molar-refractivity contribution < 1.29 is 9.53 Å². The van der Waals surface area contributed by atoms with Crippen LogP contribution in [0.2, 0.25) is 0 Å². The molecule has 2 rings (SSSR count). The zero-order chi connectivity index (χ0) is 15.8. The van der Waals surface area contributed by atoms with E-state index in [9.17, 15) is 4.79 Å². The van der Waals surface area contributed by atoms with Crippen molar-refractivity contribution in [1.82, 2.24) is 10.6 Å². The summed E-state index contributed by atoms with van der Waals surface area (Å²) < 4.78 is 4.92. The smallest absolute Gasteiger partial charge is 0.234 e. The number of hydrogen-bond donors (Lipinski definition) is 3. The first-order valence-corrected chi connectivity index (χ1v) is 7.42. The summed E-state index contributed by atoms with van der Waals surface area (Å²) in [6.45, 7) is 1.85. The fraction of sp³-hybridized carbons (Fsp3) is 0.353. The van der Waals surface area contributed by atoms with Gasteiger partial charge in [-0.15, -0.1) is 0 Å². The standard InChI is InChI=1S/C17H23N3O2/c1-22-9-8-19-12-17(21)20-16(11-18)15-7-6-13-4-2-3-5-14(13)10-15/h2-7,10,16,19H,8-9,11-12,18H2,1H3,(H,20,21). The Morgan fingerprint density at radius 3 is 2.73 bits per heavy atom. The number of amides is 1. The van der Waals surface area contributed by atoms with Crippen LogP contribution < -0.4 is 16.4 Å². The molecule has 0 saturated carbocycles. The number of hydrogen-bond acceptors (Lipinski definition) is 4. The normalized spacial score (nSPS) is 12.3. The van der Waals surface area contributed by atoms with E-state index in [1.54, 1.807) is 7.11 Å². The summed E-state index contributed by atoms with van der Waals surface area (Å²) in [4.78, 5) is 11.9. The first kappa shape index (κ1) is 16.4. The second kappa shape index (κ2) is 8.48. The van der Waals surface area contributed by atoms with E-state index in [2.05, 4.69) is 34.9 Å². The zero-order valence-electron chi connectivity index (χ0n) is 12.8. The van der Waals surface area contributed by atoms with Gasteiger partial charge >= 0.3 is 0 Å². The van der Waals surface area contributed by atoms with Gasteiger partial charge in [0.1, 0.15) is 0 Å². The molecule has 0 fully saturated rings. The van der Waals surface area contributed by atoms with E-state index >= 15 is 0 Å². The van der Waals surface area contributed by atoms with Gasteiger partial charge < -0.3 is 21.1 Å². The zero-order valence-corrected chi connectivity index (χ0v) is 12.8. The summed E-state index contributed by atoms with van der Waals surface area (Å²) in [6, 6.07) is 14.1. The van der Waals surface area contributed by atoms with Gasteiger partial charge in [0.15, 0.2) is 0 Å². The Morgan fingerprint density at radius 1 is 1.23 bits per heavy atom. The first-order valence-electron chi connectivity index (χ1n) is 7.42. The number of benzene rings is 2. The van der Waals surface area contributed by atoms with Crippen LogP contribution in [0.4, 0.5) is 0 Å². The van der Waals surface area contributed by atoms with Crippen molar-refractivity contribution >= 4 is 16.7 Å². The molecule has 0 bridgehead atoms. The van der Waals surface area contributed by atoms with Crippen molar-refractivity contribution in [2.75, 3.05) is 33.4 Å². The predicted molar refractivity (Wildman–Crippen MR) is 88.6 cm³/mol. The van der Waals surface area contributed by atoms with Gasteiger partial charge in [0, 0.05) is 20.2 Å². The van der Waals surface area contributed by atoms with E-state index in [1.165, 1.54) is 5.39 Å². The van der Waals surface area contributed by atoms with Crippen LogP contribution in [0, 0.1) is 0 Å². The van der Waals surface area contributed by atoms with Crippen LogP contribution >= 0.6 is 0 Å². The molecule has 22 heavy (non-hydrogen) atoms. The minimum atomic E-state index is -0.179. The Labute approximate surface area is 130 Å². The highest BCUT2D eigenvalue weighted by atomic mass is 16.5. The Morgan fingerprint density at radius 2 is 2.00 bits per heavy atom. The topological polar surface area (TPSA) is 76.4 Å². The lowest BCUT2D eigenvalue weighted by atomic mass is 10.0. The van der Waals surface area contributed by atoms with Gasteiger partial charge in [0.25, 0.3) is 0 Å². The molecule has 5 nitrogen and oxygen atoms in total. The van der Waals surface area contributed by atoms with Crippen LogP contribution in [-0.2, 0) is 9.53 Å². The largest absolute Gasteiger partial charge is 0.383 e. The van der Waals surface area contributed by atoms with E-state index in [4.69, 9.17) is 10.5 Å². The second-order valence-corrected chi connectivity index (χ2v) is 5.13. The summed E-state index contributed by atoms with van der Waals surface area (Å²) in [6.07, 6.45) is 0. The Hall–Kier alpha value is -1.95. The molecular formula is C17H23N3O2. The highest BCUT2D eigenvalue weighted by Gasteiger charge is 2.13. The van der Waals surface area contributed by atoms with Crippen LogP contribution in [0.1, 0.15) is 11.6 Å². The Kier molecular flexibility index (Phi) is 6.33. The third-order valence-electron chi connectivity index (χ3n) is 3.52. The molecule has 0 aromatic heterocycles. The molecule has 0 saturated heterocycles. The molecule has 118 valence electrons. The number of ether oxygens (including phenoxy) is 1. The first-order chi connectivity index (χ1) is 10.7. The third-order valence-corrected chi connectivity index (χ3v) is 3.52. The highest BCUT2D eigenvalue weighted by molar-refractivity contribution is 5.83. The van der Waals surface area contributed by atoms with Crippen LogP contribution in [0.15, 0.2) is 42.5 Å². The Bertz CT molecular complexity index is 616. The average molecular weight is 301 g/mol. The number of nitrogens with two attached hydrogens (primary N) is 1. The molecule has 0 aliphatic rings. The molecule has 0 spiro atoms. The maximum atomic E-state index is 11.9. The second-order valence-electron chi connectivity index (χ2n) is 5.13. The highest BCUT2D eigenvalue weighted by Crippen LogP contribution is 2.19. The van der Waals surface area contributed by atoms with Crippen molar-refractivity contribution in [3.05, 3.63) is 48.0 Å². The van der Waals surface area contributed by atoms with Gasteiger partial charge in [-0.1, -0.05) is 36.4 Å². The van der Waals surface area contributed by atoms with Crippen molar-refractivity contribution in [2.24, 2.45) is 5.73 Å². The van der Waals surface area contributed by atoms with E-state index in [-0.39, 0.29) is 18.5 Å². The molecule has 0 radical (unpaired) electrons. The van der Waals surface area contributed by atoms with Gasteiger partial charge in [-0.2, -0.15) is 0 Å². The number of carbonyl (C=O) groups is 1. The molecule has 2 aromatic rings. The Balaban J connectivity index is 1.98. The lowest BCUT2D eigenvalue weighted by Gasteiger charge is -2.18. The molecular weight excluding hydrogens is 278 g/mol. The SMILES string of the molecule is COCCNCC(=O)NC(CN)c1ccc2ccccc2c1. The fourth-order valence-corrected chi connectivity index (χ4v) is 2.32. The van der Waals surface area contributed by atoms with Crippen LogP contribution in [0.3, 0.4) is 0 Å². The molecule has 0 aliphatic heterocycles. The van der Waals surface area contributed by atoms with E-state index < -0.39 is 0 Å². The average Bonchev–Trinajstić information content (AvgIpc) is 2.56. The van der Waals surface area contributed by atoms with E-state index in [1.807, 2.05) is 18.2 Å². The minimum Gasteiger partial charge on any atom is -0.383 e. The molecule has 1 atom stereocenters. The van der Waals surface area contributed by atoms with Gasteiger partial charge in [-0.05, 0) is 22.4 Å².